The van der Waals surface area contributed by atoms with Crippen molar-refractivity contribution in [1.82, 2.24) is 25.3 Å². The summed E-state index contributed by atoms with van der Waals surface area (Å²) in [4.78, 5) is 29.7. The van der Waals surface area contributed by atoms with Crippen LogP contribution in [0.15, 0.2) is 70.1 Å². The quantitative estimate of drug-likeness (QED) is 0.108. The van der Waals surface area contributed by atoms with E-state index in [4.69, 9.17) is 14.1 Å². The van der Waals surface area contributed by atoms with Gasteiger partial charge >= 0.3 is 5.97 Å². The van der Waals surface area contributed by atoms with Crippen molar-refractivity contribution >= 4 is 33.2 Å². The maximum Gasteiger partial charge on any atom is 0.335 e. The van der Waals surface area contributed by atoms with Crippen LogP contribution in [0.4, 0.5) is 5.95 Å². The van der Waals surface area contributed by atoms with Gasteiger partial charge in [-0.05, 0) is 86.6 Å². The van der Waals surface area contributed by atoms with E-state index >= 15 is 0 Å². The monoisotopic (exact) mass is 710 g/mol. The van der Waals surface area contributed by atoms with Crippen LogP contribution in [-0.2, 0) is 16.6 Å². The van der Waals surface area contributed by atoms with E-state index in [0.717, 1.165) is 71.8 Å². The standard InChI is InChI=1S/C38H42N6O6S/c1-22-7-5-8-23(2)34(22)30-16-33(43-37(42-30)44-51(47,48)29-10-6-9-26(14-29)36(45)46)49-21-27(13-24-17-38(3,4)18-24)39-19-28-20-40-35-31(41-28)15-32(50-35)25-11-12-25/h5-10,14-16,20,24-25,27,39H,11-13,17-19,21H2,1-4H3,(H,45,46)(H,42,43,44). The fourth-order valence-electron chi connectivity index (χ4n) is 7.12. The molecule has 2 aliphatic carbocycles. The number of carbonyl (C=O) groups is 1. The van der Waals surface area contributed by atoms with Gasteiger partial charge in [-0.25, -0.2) is 32.9 Å². The van der Waals surface area contributed by atoms with Crippen molar-refractivity contribution in [3.05, 3.63) is 88.9 Å². The molecule has 2 fully saturated rings. The lowest BCUT2D eigenvalue weighted by atomic mass is 9.63. The highest BCUT2D eigenvalue weighted by Gasteiger charge is 2.37. The average molecular weight is 711 g/mol. The van der Waals surface area contributed by atoms with Crippen LogP contribution in [0.5, 0.6) is 5.88 Å². The summed E-state index contributed by atoms with van der Waals surface area (Å²) in [7, 11) is -4.24. The number of anilines is 1. The van der Waals surface area contributed by atoms with Crippen LogP contribution in [0.3, 0.4) is 0 Å². The maximum atomic E-state index is 13.4. The summed E-state index contributed by atoms with van der Waals surface area (Å²) in [6.45, 7) is 9.23. The number of furan rings is 1. The number of carboxylic acid groups (broad SMARTS) is 1. The second-order valence-electron chi connectivity index (χ2n) is 14.7. The Morgan fingerprint density at radius 3 is 2.49 bits per heavy atom. The minimum absolute atomic E-state index is 0.0625. The van der Waals surface area contributed by atoms with Crippen LogP contribution in [0.2, 0.25) is 0 Å². The third-order valence-corrected chi connectivity index (χ3v) is 11.0. The van der Waals surface area contributed by atoms with E-state index in [0.29, 0.717) is 35.2 Å². The second-order valence-corrected chi connectivity index (χ2v) is 16.3. The number of sulfonamides is 1. The molecule has 2 aromatic carbocycles. The van der Waals surface area contributed by atoms with E-state index in [1.165, 1.54) is 18.2 Å². The number of nitrogens with zero attached hydrogens (tertiary/aromatic N) is 4. The number of ether oxygens (including phenoxy) is 1. The molecule has 0 amide bonds. The fraction of sp³-hybridized carbons (Fsp3) is 0.395. The Labute approximate surface area is 297 Å². The Kier molecular flexibility index (Phi) is 9.27. The van der Waals surface area contributed by atoms with Crippen molar-refractivity contribution in [2.75, 3.05) is 11.3 Å². The number of benzene rings is 2. The Bertz CT molecular complexity index is 2190. The molecular weight excluding hydrogens is 669 g/mol. The molecule has 5 aromatic rings. The number of hydrogen-bond acceptors (Lipinski definition) is 10. The first kappa shape index (κ1) is 34.6. The van der Waals surface area contributed by atoms with Gasteiger partial charge in [0.1, 0.15) is 17.9 Å². The zero-order valence-corrected chi connectivity index (χ0v) is 30.0. The molecule has 1 atom stereocenters. The van der Waals surface area contributed by atoms with Gasteiger partial charge in [0.2, 0.25) is 17.5 Å². The molecule has 51 heavy (non-hydrogen) atoms. The van der Waals surface area contributed by atoms with Crippen LogP contribution < -0.4 is 14.8 Å². The molecule has 13 heteroatoms. The summed E-state index contributed by atoms with van der Waals surface area (Å²) in [6.07, 6.45) is 7.14. The topological polar surface area (TPSA) is 169 Å². The van der Waals surface area contributed by atoms with E-state index in [2.05, 4.69) is 38.8 Å². The van der Waals surface area contributed by atoms with Crippen molar-refractivity contribution < 1.29 is 27.5 Å². The van der Waals surface area contributed by atoms with Crippen LogP contribution in [0.25, 0.3) is 22.5 Å². The molecule has 0 spiro atoms. The molecule has 7 rings (SSSR count). The first-order valence-electron chi connectivity index (χ1n) is 17.3. The highest BCUT2D eigenvalue weighted by atomic mass is 32.2. The Morgan fingerprint density at radius 2 is 1.78 bits per heavy atom. The third kappa shape index (κ3) is 8.04. The van der Waals surface area contributed by atoms with E-state index in [9.17, 15) is 18.3 Å². The largest absolute Gasteiger partial charge is 0.478 e. The number of aromatic nitrogens is 4. The first-order valence-corrected chi connectivity index (χ1v) is 18.7. The van der Waals surface area contributed by atoms with Gasteiger partial charge in [0.25, 0.3) is 10.0 Å². The number of aromatic carboxylic acids is 1. The van der Waals surface area contributed by atoms with Gasteiger partial charge in [0, 0.05) is 36.2 Å². The number of fused-ring (bicyclic) bond motifs is 1. The van der Waals surface area contributed by atoms with E-state index in [-0.39, 0.29) is 34.9 Å². The minimum atomic E-state index is -4.24. The summed E-state index contributed by atoms with van der Waals surface area (Å²) in [5, 5.41) is 13.0. The molecule has 0 bridgehead atoms. The van der Waals surface area contributed by atoms with Gasteiger partial charge in [0.05, 0.1) is 28.0 Å². The highest BCUT2D eigenvalue weighted by molar-refractivity contribution is 7.92. The number of rotatable bonds is 14. The van der Waals surface area contributed by atoms with Crippen molar-refractivity contribution in [2.24, 2.45) is 11.3 Å². The molecule has 12 nitrogen and oxygen atoms in total. The zero-order chi connectivity index (χ0) is 35.9. The number of hydrogen-bond donors (Lipinski definition) is 3. The summed E-state index contributed by atoms with van der Waals surface area (Å²) in [5.41, 5.74) is 5.51. The summed E-state index contributed by atoms with van der Waals surface area (Å²) in [6, 6.07) is 14.6. The molecule has 1 unspecified atom stereocenters. The molecular formula is C38H42N6O6S. The van der Waals surface area contributed by atoms with Crippen LogP contribution in [-0.4, -0.2) is 52.1 Å². The van der Waals surface area contributed by atoms with E-state index in [1.807, 2.05) is 38.1 Å². The van der Waals surface area contributed by atoms with Crippen LogP contribution in [0.1, 0.15) is 84.8 Å². The molecule has 3 N–H and O–H groups in total. The second kappa shape index (κ2) is 13.7. The summed E-state index contributed by atoms with van der Waals surface area (Å²) >= 11 is 0. The predicted molar refractivity (Wildman–Crippen MR) is 192 cm³/mol. The summed E-state index contributed by atoms with van der Waals surface area (Å²) < 4.78 is 41.6. The Morgan fingerprint density at radius 1 is 1.04 bits per heavy atom. The van der Waals surface area contributed by atoms with Crippen molar-refractivity contribution in [2.45, 2.75) is 83.2 Å². The Balaban J connectivity index is 1.14. The molecule has 3 heterocycles. The Hall–Kier alpha value is -4.88. The lowest BCUT2D eigenvalue weighted by Gasteiger charge is -2.44. The lowest BCUT2D eigenvalue weighted by Crippen LogP contribution is -2.41. The van der Waals surface area contributed by atoms with Gasteiger partial charge in [0.15, 0.2) is 0 Å². The van der Waals surface area contributed by atoms with Crippen LogP contribution in [0, 0.1) is 25.2 Å². The number of carboxylic acids is 1. The van der Waals surface area contributed by atoms with Gasteiger partial charge in [-0.3, -0.25) is 0 Å². The fourth-order valence-corrected chi connectivity index (χ4v) is 8.11. The van der Waals surface area contributed by atoms with Gasteiger partial charge in [-0.1, -0.05) is 38.1 Å². The molecule has 266 valence electrons. The number of aryl methyl sites for hydroxylation is 2. The first-order chi connectivity index (χ1) is 24.3. The predicted octanol–water partition coefficient (Wildman–Crippen LogP) is 7.04. The van der Waals surface area contributed by atoms with Crippen molar-refractivity contribution in [3.63, 3.8) is 0 Å². The lowest BCUT2D eigenvalue weighted by molar-refractivity contribution is 0.0696. The maximum absolute atomic E-state index is 13.4. The zero-order valence-electron chi connectivity index (χ0n) is 29.1. The van der Waals surface area contributed by atoms with Crippen molar-refractivity contribution in [1.29, 1.82) is 0 Å². The van der Waals surface area contributed by atoms with Gasteiger partial charge < -0.3 is 19.6 Å². The van der Waals surface area contributed by atoms with Crippen molar-refractivity contribution in [3.8, 4) is 17.1 Å². The van der Waals surface area contributed by atoms with Crippen LogP contribution >= 0.6 is 0 Å². The SMILES string of the molecule is Cc1cccc(C)c1-c1cc(OCC(CC2CC(C)(C)C2)NCc2cnc3oc(C4CC4)cc3n2)nc(NS(=O)(=O)c2cccc(C(=O)O)c2)n1. The van der Waals surface area contributed by atoms with Gasteiger partial charge in [-0.15, -0.1) is 0 Å². The molecule has 0 saturated heterocycles. The van der Waals surface area contributed by atoms with Gasteiger partial charge in [-0.2, -0.15) is 4.98 Å². The summed E-state index contributed by atoms with van der Waals surface area (Å²) in [5.74, 6) is 0.741. The molecule has 0 radical (unpaired) electrons. The normalized spacial score (nSPS) is 16.5. The molecule has 0 aliphatic heterocycles. The third-order valence-electron chi connectivity index (χ3n) is 9.65. The molecule has 2 saturated carbocycles. The molecule has 2 aliphatic rings. The van der Waals surface area contributed by atoms with E-state index in [1.54, 1.807) is 12.3 Å². The van der Waals surface area contributed by atoms with E-state index < -0.39 is 16.0 Å². The highest BCUT2D eigenvalue weighted by Crippen LogP contribution is 2.47. The smallest absolute Gasteiger partial charge is 0.335 e. The minimum Gasteiger partial charge on any atom is -0.478 e. The number of nitrogens with one attached hydrogen (secondary N) is 2. The molecule has 3 aromatic heterocycles. The average Bonchev–Trinajstić information content (AvgIpc) is 3.83.